The second-order valence-corrected chi connectivity index (χ2v) is 5.03. The van der Waals surface area contributed by atoms with Crippen LogP contribution in [0, 0.1) is 0 Å². The van der Waals surface area contributed by atoms with Gasteiger partial charge in [0.1, 0.15) is 5.54 Å². The number of likely N-dealkylation sites (N-methyl/N-ethyl adjacent to an activating group) is 1. The minimum Gasteiger partial charge on any atom is -0.370 e. The van der Waals surface area contributed by atoms with Gasteiger partial charge in [-0.25, -0.2) is 0 Å². The molecule has 0 aliphatic carbocycles. The van der Waals surface area contributed by atoms with Crippen molar-refractivity contribution in [1.29, 1.82) is 0 Å². The van der Waals surface area contributed by atoms with Crippen molar-refractivity contribution in [3.8, 4) is 0 Å². The molecule has 0 bridgehead atoms. The van der Waals surface area contributed by atoms with Crippen molar-refractivity contribution < 1.29 is 18.0 Å². The lowest BCUT2D eigenvalue weighted by molar-refractivity contribution is -0.137. The number of anilines is 2. The van der Waals surface area contributed by atoms with E-state index in [2.05, 4.69) is 5.32 Å². The molecule has 0 spiro atoms. The second-order valence-electron chi connectivity index (χ2n) is 5.03. The van der Waals surface area contributed by atoms with Crippen molar-refractivity contribution >= 4 is 17.3 Å². The molecule has 0 atom stereocenters. The number of halogens is 3. The summed E-state index contributed by atoms with van der Waals surface area (Å²) < 4.78 is 38.1. The molecule has 104 valence electrons. The van der Waals surface area contributed by atoms with Crippen LogP contribution in [-0.4, -0.2) is 18.0 Å². The summed E-state index contributed by atoms with van der Waals surface area (Å²) in [6.45, 7) is 5.52. The summed E-state index contributed by atoms with van der Waals surface area (Å²) in [5.74, 6) is -0.151. The van der Waals surface area contributed by atoms with E-state index in [1.54, 1.807) is 20.8 Å². The molecule has 0 saturated heterocycles. The van der Waals surface area contributed by atoms with E-state index in [1.165, 1.54) is 11.0 Å². The number of fused-ring (bicyclic) bond motifs is 1. The van der Waals surface area contributed by atoms with Crippen LogP contribution < -0.4 is 10.2 Å². The largest absolute Gasteiger partial charge is 0.416 e. The molecule has 6 heteroatoms. The number of hydrogen-bond acceptors (Lipinski definition) is 2. The molecule has 0 radical (unpaired) electrons. The van der Waals surface area contributed by atoms with Crippen LogP contribution in [0.4, 0.5) is 24.5 Å². The second kappa shape index (κ2) is 4.15. The number of carbonyl (C=O) groups is 1. The lowest BCUT2D eigenvalue weighted by Gasteiger charge is -2.39. The fourth-order valence-corrected chi connectivity index (χ4v) is 2.20. The van der Waals surface area contributed by atoms with E-state index in [-0.39, 0.29) is 5.91 Å². The summed E-state index contributed by atoms with van der Waals surface area (Å²) in [5, 5.41) is 2.87. The number of rotatable bonds is 1. The van der Waals surface area contributed by atoms with Crippen LogP contribution in [0.3, 0.4) is 0 Å². The number of nitrogens with one attached hydrogen (secondary N) is 1. The van der Waals surface area contributed by atoms with Crippen molar-refractivity contribution in [2.75, 3.05) is 16.8 Å². The SMILES string of the molecule is CCN1C(=O)C(C)(C)Nc2cc(C(F)(F)F)ccc21. The lowest BCUT2D eigenvalue weighted by Crippen LogP contribution is -2.53. The molecular weight excluding hydrogens is 257 g/mol. The van der Waals surface area contributed by atoms with E-state index in [4.69, 9.17) is 0 Å². The Balaban J connectivity index is 2.54. The van der Waals surface area contributed by atoms with Crippen molar-refractivity contribution in [1.82, 2.24) is 0 Å². The highest BCUT2D eigenvalue weighted by molar-refractivity contribution is 6.07. The van der Waals surface area contributed by atoms with E-state index in [1.807, 2.05) is 0 Å². The maximum absolute atomic E-state index is 12.7. The van der Waals surface area contributed by atoms with Gasteiger partial charge in [0.2, 0.25) is 0 Å². The Kier molecular flexibility index (Phi) is 2.99. The van der Waals surface area contributed by atoms with Crippen LogP contribution in [0.2, 0.25) is 0 Å². The van der Waals surface area contributed by atoms with Crippen LogP contribution >= 0.6 is 0 Å². The van der Waals surface area contributed by atoms with Crippen LogP contribution in [0.15, 0.2) is 18.2 Å². The van der Waals surface area contributed by atoms with Crippen molar-refractivity contribution in [2.24, 2.45) is 0 Å². The molecule has 1 heterocycles. The van der Waals surface area contributed by atoms with Gasteiger partial charge in [0.05, 0.1) is 16.9 Å². The third-order valence-corrected chi connectivity index (χ3v) is 3.16. The minimum atomic E-state index is -4.39. The molecule has 1 aromatic rings. The zero-order chi connectivity index (χ0) is 14.4. The summed E-state index contributed by atoms with van der Waals surface area (Å²) in [7, 11) is 0. The highest BCUT2D eigenvalue weighted by Gasteiger charge is 2.39. The molecule has 1 aliphatic rings. The van der Waals surface area contributed by atoms with Gasteiger partial charge < -0.3 is 10.2 Å². The fraction of sp³-hybridized carbons (Fsp3) is 0.462. The molecular formula is C13H15F3N2O. The average molecular weight is 272 g/mol. The topological polar surface area (TPSA) is 32.3 Å². The zero-order valence-corrected chi connectivity index (χ0v) is 10.9. The Morgan fingerprint density at radius 1 is 1.32 bits per heavy atom. The normalized spacial score (nSPS) is 18.0. The first-order chi connectivity index (χ1) is 8.66. The van der Waals surface area contributed by atoms with Gasteiger partial charge in [-0.15, -0.1) is 0 Å². The Hall–Kier alpha value is -1.72. The molecule has 0 saturated carbocycles. The van der Waals surface area contributed by atoms with E-state index in [0.717, 1.165) is 12.1 Å². The predicted octanol–water partition coefficient (Wildman–Crippen LogP) is 3.26. The van der Waals surface area contributed by atoms with E-state index in [0.29, 0.717) is 17.9 Å². The molecule has 19 heavy (non-hydrogen) atoms. The summed E-state index contributed by atoms with van der Waals surface area (Å²) in [5.41, 5.74) is -0.811. The van der Waals surface area contributed by atoms with Crippen LogP contribution in [-0.2, 0) is 11.0 Å². The van der Waals surface area contributed by atoms with Gasteiger partial charge in [-0.1, -0.05) is 0 Å². The molecule has 1 N–H and O–H groups in total. The Morgan fingerprint density at radius 2 is 1.95 bits per heavy atom. The van der Waals surface area contributed by atoms with Gasteiger partial charge >= 0.3 is 6.18 Å². The molecule has 0 unspecified atom stereocenters. The molecule has 2 rings (SSSR count). The van der Waals surface area contributed by atoms with Gasteiger partial charge in [-0.05, 0) is 39.0 Å². The molecule has 0 fully saturated rings. The smallest absolute Gasteiger partial charge is 0.370 e. The third-order valence-electron chi connectivity index (χ3n) is 3.16. The molecule has 1 amide bonds. The van der Waals surface area contributed by atoms with Gasteiger partial charge in [0.25, 0.3) is 5.91 Å². The first-order valence-corrected chi connectivity index (χ1v) is 5.98. The third kappa shape index (κ3) is 2.27. The van der Waals surface area contributed by atoms with Gasteiger partial charge in [0.15, 0.2) is 0 Å². The van der Waals surface area contributed by atoms with Gasteiger partial charge in [0, 0.05) is 6.54 Å². The zero-order valence-electron chi connectivity index (χ0n) is 10.9. The first-order valence-electron chi connectivity index (χ1n) is 5.98. The number of hydrogen-bond donors (Lipinski definition) is 1. The molecule has 0 aromatic heterocycles. The van der Waals surface area contributed by atoms with Crippen LogP contribution in [0.1, 0.15) is 26.3 Å². The number of amides is 1. The summed E-state index contributed by atoms with van der Waals surface area (Å²) in [6.07, 6.45) is -4.39. The maximum atomic E-state index is 12.7. The standard InChI is InChI=1S/C13H15F3N2O/c1-4-18-10-6-5-8(13(14,15)16)7-9(10)17-12(2,3)11(18)19/h5-7,17H,4H2,1-3H3. The first kappa shape index (κ1) is 13.7. The number of benzene rings is 1. The van der Waals surface area contributed by atoms with Gasteiger partial charge in [-0.2, -0.15) is 13.2 Å². The Labute approximate surface area is 109 Å². The van der Waals surface area contributed by atoms with E-state index >= 15 is 0 Å². The predicted molar refractivity (Wildman–Crippen MR) is 67.2 cm³/mol. The summed E-state index contributed by atoms with van der Waals surface area (Å²) in [6, 6.07) is 3.38. The van der Waals surface area contributed by atoms with Crippen LogP contribution in [0.5, 0.6) is 0 Å². The van der Waals surface area contributed by atoms with Crippen molar-refractivity contribution in [3.05, 3.63) is 23.8 Å². The quantitative estimate of drug-likeness (QED) is 0.851. The minimum absolute atomic E-state index is 0.151. The summed E-state index contributed by atoms with van der Waals surface area (Å²) in [4.78, 5) is 13.7. The highest BCUT2D eigenvalue weighted by Crippen LogP contribution is 2.39. The van der Waals surface area contributed by atoms with Crippen LogP contribution in [0.25, 0.3) is 0 Å². The lowest BCUT2D eigenvalue weighted by atomic mass is 9.97. The number of alkyl halides is 3. The average Bonchev–Trinajstić information content (AvgIpc) is 2.28. The molecule has 3 nitrogen and oxygen atoms in total. The summed E-state index contributed by atoms with van der Waals surface area (Å²) >= 11 is 0. The number of carbonyl (C=O) groups excluding carboxylic acids is 1. The van der Waals surface area contributed by atoms with Crippen molar-refractivity contribution in [2.45, 2.75) is 32.5 Å². The monoisotopic (exact) mass is 272 g/mol. The van der Waals surface area contributed by atoms with Gasteiger partial charge in [-0.3, -0.25) is 4.79 Å². The van der Waals surface area contributed by atoms with E-state index < -0.39 is 17.3 Å². The van der Waals surface area contributed by atoms with E-state index in [9.17, 15) is 18.0 Å². The Morgan fingerprint density at radius 3 is 2.47 bits per heavy atom. The fourth-order valence-electron chi connectivity index (χ4n) is 2.20. The number of nitrogens with zero attached hydrogens (tertiary/aromatic N) is 1. The van der Waals surface area contributed by atoms with Crippen molar-refractivity contribution in [3.63, 3.8) is 0 Å². The maximum Gasteiger partial charge on any atom is 0.416 e. The Bertz CT molecular complexity index is 523. The molecule has 1 aromatic carbocycles. The highest BCUT2D eigenvalue weighted by atomic mass is 19.4. The molecule has 1 aliphatic heterocycles.